The molecule has 5 heteroatoms. The molecule has 3 rings (SSSR count). The van der Waals surface area contributed by atoms with Crippen molar-refractivity contribution in [1.29, 1.82) is 0 Å². The van der Waals surface area contributed by atoms with Crippen LogP contribution in [0.5, 0.6) is 5.75 Å². The number of methoxy groups -OCH3 is 2. The molecule has 0 aromatic heterocycles. The second kappa shape index (κ2) is 9.12. The maximum absolute atomic E-state index is 12.1. The minimum atomic E-state index is -0.445. The summed E-state index contributed by atoms with van der Waals surface area (Å²) in [5, 5.41) is 0. The number of esters is 1. The first-order valence-corrected chi connectivity index (χ1v) is 9.10. The molecule has 27 heavy (non-hydrogen) atoms. The fourth-order valence-corrected chi connectivity index (χ4v) is 3.25. The Morgan fingerprint density at radius 1 is 1.04 bits per heavy atom. The van der Waals surface area contributed by atoms with Crippen molar-refractivity contribution in [2.75, 3.05) is 32.2 Å². The lowest BCUT2D eigenvalue weighted by molar-refractivity contribution is -0.133. The number of ether oxygens (including phenoxy) is 3. The van der Waals surface area contributed by atoms with Crippen molar-refractivity contribution in [3.8, 4) is 5.75 Å². The Bertz CT molecular complexity index is 792. The van der Waals surface area contributed by atoms with Crippen LogP contribution in [-0.2, 0) is 20.9 Å². The van der Waals surface area contributed by atoms with E-state index in [0.29, 0.717) is 12.2 Å². The number of rotatable bonds is 7. The molecule has 1 saturated heterocycles. The molecule has 0 bridgehead atoms. The van der Waals surface area contributed by atoms with Gasteiger partial charge in [0, 0.05) is 18.8 Å². The Morgan fingerprint density at radius 2 is 1.74 bits per heavy atom. The van der Waals surface area contributed by atoms with Crippen molar-refractivity contribution in [2.24, 2.45) is 0 Å². The standard InChI is InChI=1S/C22H25NO4/c1-25-16-21(22(24)26-2)20-8-4-3-7-17(20)15-27-19-11-9-18(10-12-19)23-13-5-6-14-23/h3-4,7-12,16H,5-6,13-15H2,1-2H3. The number of hydrogen-bond donors (Lipinski definition) is 0. The molecule has 0 saturated carbocycles. The molecule has 1 heterocycles. The third-order valence-electron chi connectivity index (χ3n) is 4.65. The predicted octanol–water partition coefficient (Wildman–Crippen LogP) is 4.03. The Hall–Kier alpha value is -2.95. The van der Waals surface area contributed by atoms with E-state index in [4.69, 9.17) is 14.2 Å². The first-order valence-electron chi connectivity index (χ1n) is 9.10. The van der Waals surface area contributed by atoms with Gasteiger partial charge in [-0.3, -0.25) is 0 Å². The van der Waals surface area contributed by atoms with Crippen molar-refractivity contribution in [2.45, 2.75) is 19.4 Å². The normalized spacial score (nSPS) is 14.1. The molecule has 0 atom stereocenters. The number of carbonyl (C=O) groups is 1. The highest BCUT2D eigenvalue weighted by molar-refractivity contribution is 6.16. The quantitative estimate of drug-likeness (QED) is 0.420. The van der Waals surface area contributed by atoms with Crippen LogP contribution in [0, 0.1) is 0 Å². The van der Waals surface area contributed by atoms with Gasteiger partial charge in [0.15, 0.2) is 0 Å². The Labute approximate surface area is 160 Å². The van der Waals surface area contributed by atoms with Crippen molar-refractivity contribution < 1.29 is 19.0 Å². The van der Waals surface area contributed by atoms with Crippen LogP contribution in [-0.4, -0.2) is 33.3 Å². The summed E-state index contributed by atoms with van der Waals surface area (Å²) in [6.07, 6.45) is 3.91. The maximum Gasteiger partial charge on any atom is 0.341 e. The number of carbonyl (C=O) groups excluding carboxylic acids is 1. The first-order chi connectivity index (χ1) is 13.2. The van der Waals surface area contributed by atoms with Crippen LogP contribution in [0.25, 0.3) is 5.57 Å². The fraction of sp³-hybridized carbons (Fsp3) is 0.318. The van der Waals surface area contributed by atoms with Gasteiger partial charge in [0.2, 0.25) is 0 Å². The Balaban J connectivity index is 1.72. The largest absolute Gasteiger partial charge is 0.503 e. The summed E-state index contributed by atoms with van der Waals surface area (Å²) < 4.78 is 15.9. The van der Waals surface area contributed by atoms with E-state index in [9.17, 15) is 4.79 Å². The highest BCUT2D eigenvalue weighted by Crippen LogP contribution is 2.25. The molecular formula is C22H25NO4. The maximum atomic E-state index is 12.1. The lowest BCUT2D eigenvalue weighted by Crippen LogP contribution is -2.17. The monoisotopic (exact) mass is 367 g/mol. The van der Waals surface area contributed by atoms with Gasteiger partial charge in [-0.15, -0.1) is 0 Å². The van der Waals surface area contributed by atoms with Crippen LogP contribution in [0.3, 0.4) is 0 Å². The van der Waals surface area contributed by atoms with Gasteiger partial charge in [-0.2, -0.15) is 0 Å². The Kier molecular flexibility index (Phi) is 6.36. The fourth-order valence-electron chi connectivity index (χ4n) is 3.25. The molecule has 1 aliphatic heterocycles. The summed E-state index contributed by atoms with van der Waals surface area (Å²) in [7, 11) is 2.86. The molecule has 0 amide bonds. The lowest BCUT2D eigenvalue weighted by Gasteiger charge is -2.18. The number of hydrogen-bond acceptors (Lipinski definition) is 5. The minimum Gasteiger partial charge on any atom is -0.503 e. The zero-order chi connectivity index (χ0) is 19.1. The summed E-state index contributed by atoms with van der Waals surface area (Å²) in [6.45, 7) is 2.59. The molecule has 0 radical (unpaired) electrons. The molecule has 0 unspecified atom stereocenters. The van der Waals surface area contributed by atoms with Crippen LogP contribution in [0.15, 0.2) is 54.8 Å². The van der Waals surface area contributed by atoms with E-state index < -0.39 is 5.97 Å². The van der Waals surface area contributed by atoms with Gasteiger partial charge in [-0.1, -0.05) is 24.3 Å². The van der Waals surface area contributed by atoms with Crippen molar-refractivity contribution >= 4 is 17.2 Å². The molecule has 0 spiro atoms. The van der Waals surface area contributed by atoms with Crippen molar-refractivity contribution in [1.82, 2.24) is 0 Å². The van der Waals surface area contributed by atoms with Crippen LogP contribution in [0.1, 0.15) is 24.0 Å². The highest BCUT2D eigenvalue weighted by Gasteiger charge is 2.17. The average Bonchev–Trinajstić information content (AvgIpc) is 3.25. The van der Waals surface area contributed by atoms with Gasteiger partial charge in [0.1, 0.15) is 17.9 Å². The first kappa shape index (κ1) is 18.8. The minimum absolute atomic E-state index is 0.345. The number of anilines is 1. The van der Waals surface area contributed by atoms with E-state index in [1.165, 1.54) is 39.0 Å². The molecule has 2 aromatic rings. The lowest BCUT2D eigenvalue weighted by atomic mass is 10.0. The van der Waals surface area contributed by atoms with Crippen molar-refractivity contribution in [3.63, 3.8) is 0 Å². The van der Waals surface area contributed by atoms with E-state index in [-0.39, 0.29) is 0 Å². The summed E-state index contributed by atoms with van der Waals surface area (Å²) in [5.74, 6) is 0.349. The summed E-state index contributed by atoms with van der Waals surface area (Å²) in [6, 6.07) is 15.7. The second-order valence-electron chi connectivity index (χ2n) is 6.39. The van der Waals surface area contributed by atoms with Gasteiger partial charge >= 0.3 is 5.97 Å². The summed E-state index contributed by atoms with van der Waals surface area (Å²) in [4.78, 5) is 14.5. The van der Waals surface area contributed by atoms with Crippen molar-refractivity contribution in [3.05, 3.63) is 65.9 Å². The van der Waals surface area contributed by atoms with Crippen LogP contribution < -0.4 is 9.64 Å². The van der Waals surface area contributed by atoms with Crippen LogP contribution in [0.2, 0.25) is 0 Å². The summed E-state index contributed by atoms with van der Waals surface area (Å²) >= 11 is 0. The molecular weight excluding hydrogens is 342 g/mol. The zero-order valence-corrected chi connectivity index (χ0v) is 15.8. The van der Waals surface area contributed by atoms with E-state index in [1.807, 2.05) is 36.4 Å². The average molecular weight is 367 g/mol. The Morgan fingerprint density at radius 3 is 2.41 bits per heavy atom. The van der Waals surface area contributed by atoms with Gasteiger partial charge < -0.3 is 19.1 Å². The highest BCUT2D eigenvalue weighted by atomic mass is 16.5. The SMILES string of the molecule is COC=C(C(=O)OC)c1ccccc1COc1ccc(N2CCCC2)cc1. The third-order valence-corrected chi connectivity index (χ3v) is 4.65. The molecule has 5 nitrogen and oxygen atoms in total. The third kappa shape index (κ3) is 4.61. The van der Waals surface area contributed by atoms with Gasteiger partial charge in [-0.25, -0.2) is 4.79 Å². The van der Waals surface area contributed by atoms with E-state index in [0.717, 1.165) is 30.0 Å². The predicted molar refractivity (Wildman–Crippen MR) is 106 cm³/mol. The van der Waals surface area contributed by atoms with E-state index >= 15 is 0 Å². The topological polar surface area (TPSA) is 48.0 Å². The molecule has 0 N–H and O–H groups in total. The van der Waals surface area contributed by atoms with Gasteiger partial charge in [0.05, 0.1) is 20.5 Å². The number of benzene rings is 2. The molecule has 0 aliphatic carbocycles. The smallest absolute Gasteiger partial charge is 0.341 e. The molecule has 142 valence electrons. The molecule has 1 aliphatic rings. The molecule has 1 fully saturated rings. The summed E-state index contributed by atoms with van der Waals surface area (Å²) in [5.41, 5.74) is 3.22. The van der Waals surface area contributed by atoms with Crippen LogP contribution in [0.4, 0.5) is 5.69 Å². The van der Waals surface area contributed by atoms with Gasteiger partial charge in [-0.05, 0) is 48.2 Å². The van der Waals surface area contributed by atoms with E-state index in [2.05, 4.69) is 17.0 Å². The van der Waals surface area contributed by atoms with E-state index in [1.54, 1.807) is 0 Å². The van der Waals surface area contributed by atoms with Gasteiger partial charge in [0.25, 0.3) is 0 Å². The number of nitrogens with zero attached hydrogens (tertiary/aromatic N) is 1. The zero-order valence-electron chi connectivity index (χ0n) is 15.8. The second-order valence-corrected chi connectivity index (χ2v) is 6.39. The van der Waals surface area contributed by atoms with Crippen LogP contribution >= 0.6 is 0 Å². The molecule has 2 aromatic carbocycles.